The standard InChI is InChI=1S/C23H27Cl2N3O2/c24-18-2-4-21(20(25)15-18)28-10-8-27(9-11-28)7-5-22-19-3-1-16(14-23(26)29)13-17(19)6-12-30-22/h1-4,13,15,22H,5-12,14H2,(H2,26,29). The maximum absolute atomic E-state index is 11.2. The van der Waals surface area contributed by atoms with Gasteiger partial charge in [0.25, 0.3) is 0 Å². The predicted octanol–water partition coefficient (Wildman–Crippen LogP) is 3.85. The van der Waals surface area contributed by atoms with Gasteiger partial charge >= 0.3 is 0 Å². The minimum absolute atomic E-state index is 0.111. The molecule has 2 aliphatic rings. The van der Waals surface area contributed by atoms with Crippen LogP contribution in [0.15, 0.2) is 36.4 Å². The van der Waals surface area contributed by atoms with Crippen molar-refractivity contribution in [3.05, 3.63) is 63.1 Å². The van der Waals surface area contributed by atoms with Crippen LogP contribution in [-0.4, -0.2) is 50.1 Å². The van der Waals surface area contributed by atoms with E-state index < -0.39 is 0 Å². The van der Waals surface area contributed by atoms with Crippen LogP contribution < -0.4 is 10.6 Å². The molecule has 7 heteroatoms. The normalized spacial score (nSPS) is 19.5. The molecular formula is C23H27Cl2N3O2. The number of primary amides is 1. The molecule has 5 nitrogen and oxygen atoms in total. The molecule has 2 heterocycles. The topological polar surface area (TPSA) is 58.8 Å². The number of halogens is 2. The number of nitrogens with two attached hydrogens (primary N) is 1. The van der Waals surface area contributed by atoms with E-state index in [1.54, 1.807) is 6.07 Å². The lowest BCUT2D eigenvalue weighted by molar-refractivity contribution is -0.117. The summed E-state index contributed by atoms with van der Waals surface area (Å²) in [4.78, 5) is 16.0. The van der Waals surface area contributed by atoms with Gasteiger partial charge in [-0.2, -0.15) is 0 Å². The average Bonchev–Trinajstić information content (AvgIpc) is 2.72. The van der Waals surface area contributed by atoms with Gasteiger partial charge in [-0.25, -0.2) is 0 Å². The smallest absolute Gasteiger partial charge is 0.221 e. The predicted molar refractivity (Wildman–Crippen MR) is 121 cm³/mol. The molecule has 160 valence electrons. The fraction of sp³-hybridized carbons (Fsp3) is 0.435. The summed E-state index contributed by atoms with van der Waals surface area (Å²) in [6.07, 6.45) is 2.25. The molecule has 1 amide bonds. The molecule has 2 N–H and O–H groups in total. The van der Waals surface area contributed by atoms with Crippen molar-refractivity contribution < 1.29 is 9.53 Å². The summed E-state index contributed by atoms with van der Waals surface area (Å²) >= 11 is 12.4. The largest absolute Gasteiger partial charge is 0.373 e. The second-order valence-electron chi connectivity index (χ2n) is 8.00. The van der Waals surface area contributed by atoms with Crippen molar-refractivity contribution in [1.29, 1.82) is 0 Å². The van der Waals surface area contributed by atoms with Crippen LogP contribution in [0, 0.1) is 0 Å². The van der Waals surface area contributed by atoms with E-state index in [-0.39, 0.29) is 12.0 Å². The zero-order valence-corrected chi connectivity index (χ0v) is 18.5. The van der Waals surface area contributed by atoms with E-state index in [4.69, 9.17) is 33.7 Å². The number of benzene rings is 2. The average molecular weight is 448 g/mol. The molecule has 1 fully saturated rings. The summed E-state index contributed by atoms with van der Waals surface area (Å²) in [5, 5.41) is 1.37. The Labute approximate surface area is 187 Å². The molecule has 0 aromatic heterocycles. The van der Waals surface area contributed by atoms with Crippen molar-refractivity contribution in [2.45, 2.75) is 25.4 Å². The van der Waals surface area contributed by atoms with Gasteiger partial charge in [0.1, 0.15) is 0 Å². The molecule has 0 spiro atoms. The van der Waals surface area contributed by atoms with Crippen molar-refractivity contribution in [2.24, 2.45) is 5.73 Å². The van der Waals surface area contributed by atoms with Gasteiger partial charge in [0.15, 0.2) is 0 Å². The van der Waals surface area contributed by atoms with Gasteiger partial charge in [-0.3, -0.25) is 9.69 Å². The second kappa shape index (κ2) is 9.56. The number of carbonyl (C=O) groups excluding carboxylic acids is 1. The van der Waals surface area contributed by atoms with Gasteiger partial charge in [0, 0.05) is 37.7 Å². The van der Waals surface area contributed by atoms with Gasteiger partial charge < -0.3 is 15.4 Å². The zero-order valence-electron chi connectivity index (χ0n) is 16.9. The van der Waals surface area contributed by atoms with Gasteiger partial charge in [0.2, 0.25) is 5.91 Å². The van der Waals surface area contributed by atoms with Crippen LogP contribution in [0.25, 0.3) is 0 Å². The summed E-state index contributed by atoms with van der Waals surface area (Å²) in [6.45, 7) is 5.60. The Kier molecular flexibility index (Phi) is 6.84. The fourth-order valence-electron chi connectivity index (χ4n) is 4.39. The molecule has 0 radical (unpaired) electrons. The first-order chi connectivity index (χ1) is 14.5. The van der Waals surface area contributed by atoms with Gasteiger partial charge in [-0.05, 0) is 47.7 Å². The first kappa shape index (κ1) is 21.4. The molecule has 2 aromatic carbocycles. The maximum atomic E-state index is 11.2. The number of carbonyl (C=O) groups is 1. The van der Waals surface area contributed by atoms with E-state index in [0.717, 1.165) is 63.4 Å². The fourth-order valence-corrected chi connectivity index (χ4v) is 4.92. The summed E-state index contributed by atoms with van der Waals surface area (Å²) in [6, 6.07) is 11.9. The van der Waals surface area contributed by atoms with Gasteiger partial charge in [-0.1, -0.05) is 41.4 Å². The molecule has 2 aliphatic heterocycles. The number of nitrogens with zero attached hydrogens (tertiary/aromatic N) is 2. The van der Waals surface area contributed by atoms with Crippen molar-refractivity contribution in [2.75, 3.05) is 44.2 Å². The van der Waals surface area contributed by atoms with E-state index in [1.807, 2.05) is 18.2 Å². The number of fused-ring (bicyclic) bond motifs is 1. The first-order valence-electron chi connectivity index (χ1n) is 10.4. The number of rotatable bonds is 6. The number of hydrogen-bond acceptors (Lipinski definition) is 4. The SMILES string of the molecule is NC(=O)Cc1ccc2c(c1)CCOC2CCN1CCN(c2ccc(Cl)cc2Cl)CC1. The van der Waals surface area contributed by atoms with E-state index in [2.05, 4.69) is 21.9 Å². The Bertz CT molecular complexity index is 913. The van der Waals surface area contributed by atoms with Crippen molar-refractivity contribution in [3.8, 4) is 0 Å². The van der Waals surface area contributed by atoms with Crippen LogP contribution in [-0.2, 0) is 22.4 Å². The van der Waals surface area contributed by atoms with Crippen molar-refractivity contribution in [3.63, 3.8) is 0 Å². The zero-order chi connectivity index (χ0) is 21.1. The summed E-state index contributed by atoms with van der Waals surface area (Å²) in [7, 11) is 0. The third-order valence-electron chi connectivity index (χ3n) is 5.95. The highest BCUT2D eigenvalue weighted by Crippen LogP contribution is 2.32. The van der Waals surface area contributed by atoms with Crippen molar-refractivity contribution in [1.82, 2.24) is 4.90 Å². The second-order valence-corrected chi connectivity index (χ2v) is 8.84. The lowest BCUT2D eigenvalue weighted by Crippen LogP contribution is -2.47. The van der Waals surface area contributed by atoms with Gasteiger partial charge in [-0.15, -0.1) is 0 Å². The number of anilines is 1. The Balaban J connectivity index is 1.32. The third kappa shape index (κ3) is 5.09. The summed E-state index contributed by atoms with van der Waals surface area (Å²) in [5.41, 5.74) is 9.91. The minimum atomic E-state index is -0.294. The highest BCUT2D eigenvalue weighted by molar-refractivity contribution is 6.36. The Morgan fingerprint density at radius 2 is 1.90 bits per heavy atom. The Morgan fingerprint density at radius 3 is 2.63 bits per heavy atom. The van der Waals surface area contributed by atoms with Crippen LogP contribution in [0.3, 0.4) is 0 Å². The van der Waals surface area contributed by atoms with Crippen LogP contribution in [0.1, 0.15) is 29.2 Å². The first-order valence-corrected chi connectivity index (χ1v) is 11.2. The van der Waals surface area contributed by atoms with E-state index in [1.165, 1.54) is 11.1 Å². The third-order valence-corrected chi connectivity index (χ3v) is 6.49. The number of ether oxygens (including phenoxy) is 1. The maximum Gasteiger partial charge on any atom is 0.221 e. The molecule has 2 aromatic rings. The number of piperazine rings is 1. The summed E-state index contributed by atoms with van der Waals surface area (Å²) in [5.74, 6) is -0.294. The van der Waals surface area contributed by atoms with Crippen LogP contribution in [0.5, 0.6) is 0 Å². The Morgan fingerprint density at radius 1 is 1.10 bits per heavy atom. The number of amides is 1. The lowest BCUT2D eigenvalue weighted by atomic mass is 9.93. The van der Waals surface area contributed by atoms with Crippen LogP contribution in [0.2, 0.25) is 10.0 Å². The minimum Gasteiger partial charge on any atom is -0.373 e. The molecule has 0 saturated carbocycles. The molecule has 4 rings (SSSR count). The molecule has 0 aliphatic carbocycles. The van der Waals surface area contributed by atoms with E-state index >= 15 is 0 Å². The molecule has 0 bridgehead atoms. The van der Waals surface area contributed by atoms with Crippen molar-refractivity contribution >= 4 is 34.8 Å². The highest BCUT2D eigenvalue weighted by atomic mass is 35.5. The van der Waals surface area contributed by atoms with Crippen LogP contribution >= 0.6 is 23.2 Å². The summed E-state index contributed by atoms with van der Waals surface area (Å²) < 4.78 is 6.08. The lowest BCUT2D eigenvalue weighted by Gasteiger charge is -2.37. The Hall–Kier alpha value is -1.79. The van der Waals surface area contributed by atoms with E-state index in [0.29, 0.717) is 16.5 Å². The molecule has 30 heavy (non-hydrogen) atoms. The quantitative estimate of drug-likeness (QED) is 0.730. The molecule has 1 atom stereocenters. The van der Waals surface area contributed by atoms with Gasteiger partial charge in [0.05, 0.1) is 29.8 Å². The number of hydrogen-bond donors (Lipinski definition) is 1. The van der Waals surface area contributed by atoms with Crippen LogP contribution in [0.4, 0.5) is 5.69 Å². The van der Waals surface area contributed by atoms with E-state index in [9.17, 15) is 4.79 Å². The molecular weight excluding hydrogens is 421 g/mol. The molecule has 1 saturated heterocycles. The molecule has 1 unspecified atom stereocenters. The highest BCUT2D eigenvalue weighted by Gasteiger charge is 2.24. The monoisotopic (exact) mass is 447 g/mol.